The molecule has 22 heavy (non-hydrogen) atoms. The molecule has 1 unspecified atom stereocenters. The lowest BCUT2D eigenvalue weighted by atomic mass is 9.81. The molecule has 3 rings (SSSR count). The molecule has 0 radical (unpaired) electrons. The van der Waals surface area contributed by atoms with E-state index in [1.54, 1.807) is 0 Å². The summed E-state index contributed by atoms with van der Waals surface area (Å²) in [5, 5.41) is 8.19. The highest BCUT2D eigenvalue weighted by Crippen LogP contribution is 2.35. The van der Waals surface area contributed by atoms with Crippen LogP contribution >= 0.6 is 0 Å². The SMILES string of the molecule is Cc1cn(C)c2c1C(=NN=C(N)N)CC(c1ccccc1)C2. The topological polar surface area (TPSA) is 81.7 Å². The first-order valence-corrected chi connectivity index (χ1v) is 7.42. The normalized spacial score (nSPS) is 19.0. The second kappa shape index (κ2) is 5.67. The fourth-order valence-electron chi connectivity index (χ4n) is 3.29. The van der Waals surface area contributed by atoms with Gasteiger partial charge in [0.25, 0.3) is 0 Å². The van der Waals surface area contributed by atoms with Gasteiger partial charge in [-0.1, -0.05) is 30.3 Å². The van der Waals surface area contributed by atoms with E-state index in [2.05, 4.69) is 59.2 Å². The highest BCUT2D eigenvalue weighted by Gasteiger charge is 2.28. The summed E-state index contributed by atoms with van der Waals surface area (Å²) in [5.74, 6) is 0.388. The molecule has 2 aromatic rings. The van der Waals surface area contributed by atoms with E-state index in [1.165, 1.54) is 22.4 Å². The van der Waals surface area contributed by atoms with Crippen LogP contribution in [0.15, 0.2) is 46.7 Å². The van der Waals surface area contributed by atoms with Crippen molar-refractivity contribution >= 4 is 11.7 Å². The molecule has 1 aliphatic rings. The Morgan fingerprint density at radius 3 is 2.59 bits per heavy atom. The Labute approximate surface area is 130 Å². The van der Waals surface area contributed by atoms with Gasteiger partial charge >= 0.3 is 0 Å². The number of nitrogens with zero attached hydrogens (tertiary/aromatic N) is 3. The highest BCUT2D eigenvalue weighted by atomic mass is 15.3. The van der Waals surface area contributed by atoms with Gasteiger partial charge in [-0.05, 0) is 36.8 Å². The van der Waals surface area contributed by atoms with Crippen molar-refractivity contribution in [3.8, 4) is 0 Å². The zero-order valence-corrected chi connectivity index (χ0v) is 13.0. The Morgan fingerprint density at radius 1 is 1.18 bits per heavy atom. The average molecular weight is 295 g/mol. The molecule has 114 valence electrons. The third-order valence-electron chi connectivity index (χ3n) is 4.22. The van der Waals surface area contributed by atoms with Crippen molar-refractivity contribution in [3.05, 3.63) is 58.9 Å². The molecule has 1 heterocycles. The predicted molar refractivity (Wildman–Crippen MR) is 90.0 cm³/mol. The van der Waals surface area contributed by atoms with E-state index in [9.17, 15) is 0 Å². The largest absolute Gasteiger partial charge is 0.369 e. The van der Waals surface area contributed by atoms with Gasteiger partial charge in [0.2, 0.25) is 5.96 Å². The van der Waals surface area contributed by atoms with Crippen LogP contribution in [0.2, 0.25) is 0 Å². The van der Waals surface area contributed by atoms with Crippen LogP contribution in [-0.4, -0.2) is 16.2 Å². The minimum atomic E-state index is -0.00975. The number of guanidine groups is 1. The van der Waals surface area contributed by atoms with Gasteiger partial charge in [-0.25, -0.2) is 0 Å². The Kier molecular flexibility index (Phi) is 3.71. The smallest absolute Gasteiger partial charge is 0.211 e. The Morgan fingerprint density at radius 2 is 1.91 bits per heavy atom. The van der Waals surface area contributed by atoms with Crippen LogP contribution < -0.4 is 11.5 Å². The van der Waals surface area contributed by atoms with Gasteiger partial charge in [-0.15, -0.1) is 5.10 Å². The van der Waals surface area contributed by atoms with E-state index in [-0.39, 0.29) is 5.96 Å². The van der Waals surface area contributed by atoms with E-state index in [4.69, 9.17) is 11.5 Å². The summed E-state index contributed by atoms with van der Waals surface area (Å²) in [6, 6.07) is 10.5. The lowest BCUT2D eigenvalue weighted by Gasteiger charge is -2.25. The molecular formula is C17H21N5. The fourth-order valence-corrected chi connectivity index (χ4v) is 3.29. The zero-order valence-electron chi connectivity index (χ0n) is 13.0. The molecule has 0 aliphatic heterocycles. The second-order valence-electron chi connectivity index (χ2n) is 5.83. The maximum atomic E-state index is 5.43. The predicted octanol–water partition coefficient (Wildman–Crippen LogP) is 2.04. The number of hydrogen-bond acceptors (Lipinski definition) is 2. The summed E-state index contributed by atoms with van der Waals surface area (Å²) in [4.78, 5) is 0. The summed E-state index contributed by atoms with van der Waals surface area (Å²) >= 11 is 0. The van der Waals surface area contributed by atoms with Gasteiger partial charge < -0.3 is 16.0 Å². The summed E-state index contributed by atoms with van der Waals surface area (Å²) in [6.07, 6.45) is 3.99. The molecule has 0 saturated heterocycles. The summed E-state index contributed by atoms with van der Waals surface area (Å²) < 4.78 is 2.19. The molecule has 0 amide bonds. The number of fused-ring (bicyclic) bond motifs is 1. The Bertz CT molecular complexity index is 736. The van der Waals surface area contributed by atoms with Gasteiger partial charge in [0.15, 0.2) is 0 Å². The lowest BCUT2D eigenvalue weighted by Crippen LogP contribution is -2.23. The molecule has 0 fully saturated rings. The van der Waals surface area contributed by atoms with E-state index in [0.29, 0.717) is 5.92 Å². The van der Waals surface area contributed by atoms with Gasteiger partial charge in [-0.2, -0.15) is 5.10 Å². The highest BCUT2D eigenvalue weighted by molar-refractivity contribution is 6.04. The maximum Gasteiger partial charge on any atom is 0.211 e. The first-order chi connectivity index (χ1) is 10.6. The number of rotatable bonds is 2. The number of nitrogens with two attached hydrogens (primary N) is 2. The van der Waals surface area contributed by atoms with Crippen LogP contribution in [0.1, 0.15) is 34.7 Å². The van der Waals surface area contributed by atoms with Crippen LogP contribution in [-0.2, 0) is 13.5 Å². The van der Waals surface area contributed by atoms with E-state index >= 15 is 0 Å². The average Bonchev–Trinajstić information content (AvgIpc) is 2.80. The lowest BCUT2D eigenvalue weighted by molar-refractivity contribution is 0.654. The molecule has 0 saturated carbocycles. The third kappa shape index (κ3) is 2.62. The van der Waals surface area contributed by atoms with Crippen molar-refractivity contribution in [3.63, 3.8) is 0 Å². The second-order valence-corrected chi connectivity index (χ2v) is 5.83. The van der Waals surface area contributed by atoms with Crippen molar-refractivity contribution in [1.29, 1.82) is 0 Å². The molecule has 1 aromatic heterocycles. The molecular weight excluding hydrogens is 274 g/mol. The molecule has 0 spiro atoms. The van der Waals surface area contributed by atoms with E-state index < -0.39 is 0 Å². The molecule has 1 aliphatic carbocycles. The molecule has 0 bridgehead atoms. The molecule has 4 N–H and O–H groups in total. The third-order valence-corrected chi connectivity index (χ3v) is 4.22. The minimum absolute atomic E-state index is 0.00975. The van der Waals surface area contributed by atoms with Crippen molar-refractivity contribution in [1.82, 2.24) is 4.57 Å². The van der Waals surface area contributed by atoms with Crippen LogP contribution in [0.5, 0.6) is 0 Å². The fraction of sp³-hybridized carbons (Fsp3) is 0.294. The van der Waals surface area contributed by atoms with Gasteiger partial charge in [-0.3, -0.25) is 0 Å². The standard InChI is InChI=1S/C17H21N5/c1-11-10-22(2)15-9-13(12-6-4-3-5-7-12)8-14(16(11)15)20-21-17(18)19/h3-7,10,13H,8-9H2,1-2H3,(H4,18,19,21). The molecule has 5 nitrogen and oxygen atoms in total. The number of aromatic nitrogens is 1. The van der Waals surface area contributed by atoms with E-state index in [0.717, 1.165) is 18.6 Å². The molecule has 5 heteroatoms. The van der Waals surface area contributed by atoms with Crippen LogP contribution in [0.3, 0.4) is 0 Å². The number of benzene rings is 1. The van der Waals surface area contributed by atoms with Gasteiger partial charge in [0.05, 0.1) is 5.71 Å². The maximum absolute atomic E-state index is 5.43. The van der Waals surface area contributed by atoms with Crippen molar-refractivity contribution in [2.24, 2.45) is 28.7 Å². The first-order valence-electron chi connectivity index (χ1n) is 7.42. The minimum Gasteiger partial charge on any atom is -0.369 e. The Hall–Kier alpha value is -2.56. The monoisotopic (exact) mass is 295 g/mol. The van der Waals surface area contributed by atoms with Crippen molar-refractivity contribution < 1.29 is 0 Å². The van der Waals surface area contributed by atoms with E-state index in [1.807, 2.05) is 6.07 Å². The summed E-state index contributed by atoms with van der Waals surface area (Å²) in [6.45, 7) is 2.10. The van der Waals surface area contributed by atoms with Crippen molar-refractivity contribution in [2.45, 2.75) is 25.7 Å². The first kappa shape index (κ1) is 14.4. The van der Waals surface area contributed by atoms with Crippen molar-refractivity contribution in [2.75, 3.05) is 0 Å². The Balaban J connectivity index is 2.07. The van der Waals surface area contributed by atoms with Gasteiger partial charge in [0.1, 0.15) is 0 Å². The molecule has 1 atom stereocenters. The zero-order chi connectivity index (χ0) is 15.7. The molecule has 1 aromatic carbocycles. The summed E-state index contributed by atoms with van der Waals surface area (Å²) in [7, 11) is 2.08. The van der Waals surface area contributed by atoms with Crippen LogP contribution in [0, 0.1) is 6.92 Å². The van der Waals surface area contributed by atoms with Crippen LogP contribution in [0.25, 0.3) is 0 Å². The quantitative estimate of drug-likeness (QED) is 0.505. The van der Waals surface area contributed by atoms with Gasteiger partial charge in [0, 0.05) is 24.5 Å². The van der Waals surface area contributed by atoms with Crippen LogP contribution in [0.4, 0.5) is 0 Å². The summed E-state index contributed by atoms with van der Waals surface area (Å²) in [5.41, 5.74) is 16.9. The number of aryl methyl sites for hydroxylation is 2. The number of hydrogen-bond donors (Lipinski definition) is 2.